The fourth-order valence-corrected chi connectivity index (χ4v) is 7.10. The van der Waals surface area contributed by atoms with Gasteiger partial charge in [-0.2, -0.15) is 0 Å². The molecule has 0 saturated carbocycles. The van der Waals surface area contributed by atoms with Crippen molar-refractivity contribution < 1.29 is 4.42 Å². The fraction of sp³-hybridized carbons (Fsp3) is 0. The molecule has 5 nitrogen and oxygen atoms in total. The summed E-state index contributed by atoms with van der Waals surface area (Å²) < 4.78 is 8.51. The van der Waals surface area contributed by atoms with E-state index < -0.39 is 0 Å². The van der Waals surface area contributed by atoms with Crippen molar-refractivity contribution in [3.63, 3.8) is 0 Å². The summed E-state index contributed by atoms with van der Waals surface area (Å²) >= 11 is 0. The van der Waals surface area contributed by atoms with Crippen LogP contribution in [0.5, 0.6) is 0 Å². The van der Waals surface area contributed by atoms with Gasteiger partial charge in [0.15, 0.2) is 11.4 Å². The normalized spacial score (nSPS) is 11.5. The van der Waals surface area contributed by atoms with Crippen LogP contribution in [0.1, 0.15) is 0 Å². The van der Waals surface area contributed by atoms with Crippen molar-refractivity contribution in [1.82, 2.24) is 19.5 Å². The molecule has 0 aliphatic carbocycles. The predicted octanol–water partition coefficient (Wildman–Crippen LogP) is 12.0. The predicted molar refractivity (Wildman–Crippen MR) is 211 cm³/mol. The van der Waals surface area contributed by atoms with Gasteiger partial charge in [-0.1, -0.05) is 133 Å². The number of hydrogen-bond acceptors (Lipinski definition) is 4. The molecule has 0 aliphatic heterocycles. The Bertz CT molecular complexity index is 2800. The van der Waals surface area contributed by atoms with Gasteiger partial charge in [-0.3, -0.25) is 0 Å². The van der Waals surface area contributed by atoms with E-state index in [0.29, 0.717) is 11.7 Å². The lowest BCUT2D eigenvalue weighted by Crippen LogP contribution is -1.96. The molecule has 0 bridgehead atoms. The molecule has 0 amide bonds. The second-order valence-corrected chi connectivity index (χ2v) is 12.9. The van der Waals surface area contributed by atoms with Gasteiger partial charge in [0.1, 0.15) is 5.52 Å². The van der Waals surface area contributed by atoms with Crippen molar-refractivity contribution >= 4 is 32.9 Å². The minimum atomic E-state index is 0.614. The molecule has 7 aromatic carbocycles. The summed E-state index contributed by atoms with van der Waals surface area (Å²) in [6.07, 6.45) is 0. The Kier molecular flexibility index (Phi) is 7.07. The summed E-state index contributed by atoms with van der Waals surface area (Å²) in [6, 6.07) is 62.8. The third-order valence-electron chi connectivity index (χ3n) is 9.66. The van der Waals surface area contributed by atoms with Crippen LogP contribution in [0.15, 0.2) is 186 Å². The fourth-order valence-electron chi connectivity index (χ4n) is 7.10. The molecule has 0 N–H and O–H groups in total. The molecule has 5 heteroatoms. The van der Waals surface area contributed by atoms with Crippen molar-refractivity contribution in [2.45, 2.75) is 0 Å². The van der Waals surface area contributed by atoms with Gasteiger partial charge in [0, 0.05) is 38.7 Å². The van der Waals surface area contributed by atoms with Crippen LogP contribution in [0.2, 0.25) is 0 Å². The quantitative estimate of drug-likeness (QED) is 0.177. The Morgan fingerprint density at radius 1 is 0.385 bits per heavy atom. The van der Waals surface area contributed by atoms with Crippen molar-refractivity contribution in [1.29, 1.82) is 0 Å². The summed E-state index contributed by atoms with van der Waals surface area (Å²) in [5.74, 6) is 1.31. The number of nitrogens with zero attached hydrogens (tertiary/aromatic N) is 4. The van der Waals surface area contributed by atoms with Crippen LogP contribution < -0.4 is 0 Å². The average molecular weight is 667 g/mol. The van der Waals surface area contributed by atoms with E-state index in [0.717, 1.165) is 72.6 Å². The molecule has 3 heterocycles. The molecule has 0 spiro atoms. The highest BCUT2D eigenvalue weighted by Crippen LogP contribution is 2.37. The van der Waals surface area contributed by atoms with Crippen LogP contribution >= 0.6 is 0 Å². The minimum Gasteiger partial charge on any atom is -0.436 e. The van der Waals surface area contributed by atoms with Crippen LogP contribution in [0, 0.1) is 0 Å². The molecule has 0 atom stereocenters. The van der Waals surface area contributed by atoms with Gasteiger partial charge in [-0.15, -0.1) is 0 Å². The van der Waals surface area contributed by atoms with E-state index in [9.17, 15) is 0 Å². The van der Waals surface area contributed by atoms with E-state index in [1.807, 2.05) is 60.7 Å². The average Bonchev–Trinajstić information content (AvgIpc) is 3.81. The lowest BCUT2D eigenvalue weighted by molar-refractivity contribution is 0.620. The lowest BCUT2D eigenvalue weighted by Gasteiger charge is -2.12. The standard InChI is InChI=1S/C47H30N4O/c1-3-12-32(13-4-1)41-30-42(33-14-5-2-6-15-33)49-46(48-41)34-24-22-31(23-25-34)35-16-11-17-37(28-35)51-43-20-9-7-18-38(43)39-27-26-36(29-44(39)51)47-50-40-19-8-10-21-45(40)52-47/h1-30H. The maximum absolute atomic E-state index is 6.17. The summed E-state index contributed by atoms with van der Waals surface area (Å²) in [5.41, 5.74) is 13.0. The second-order valence-electron chi connectivity index (χ2n) is 12.9. The van der Waals surface area contributed by atoms with Gasteiger partial charge in [-0.05, 0) is 59.7 Å². The van der Waals surface area contributed by atoms with Gasteiger partial charge in [0.25, 0.3) is 0 Å². The molecule has 0 radical (unpaired) electrons. The van der Waals surface area contributed by atoms with E-state index in [2.05, 4.69) is 126 Å². The largest absolute Gasteiger partial charge is 0.436 e. The van der Waals surface area contributed by atoms with Gasteiger partial charge in [-0.25, -0.2) is 15.0 Å². The van der Waals surface area contributed by atoms with Crippen LogP contribution in [0.3, 0.4) is 0 Å². The van der Waals surface area contributed by atoms with E-state index >= 15 is 0 Å². The molecule has 3 aromatic heterocycles. The smallest absolute Gasteiger partial charge is 0.227 e. The van der Waals surface area contributed by atoms with Crippen molar-refractivity contribution in [2.75, 3.05) is 0 Å². The van der Waals surface area contributed by atoms with Crippen LogP contribution in [-0.2, 0) is 0 Å². The molecule has 0 aliphatic rings. The molecule has 52 heavy (non-hydrogen) atoms. The van der Waals surface area contributed by atoms with Gasteiger partial charge < -0.3 is 8.98 Å². The first-order chi connectivity index (χ1) is 25.7. The second kappa shape index (κ2) is 12.3. The Morgan fingerprint density at radius 3 is 1.75 bits per heavy atom. The molecule has 244 valence electrons. The van der Waals surface area contributed by atoms with E-state index in [-0.39, 0.29) is 0 Å². The first-order valence-electron chi connectivity index (χ1n) is 17.4. The van der Waals surface area contributed by atoms with Gasteiger partial charge in [0.2, 0.25) is 5.89 Å². The highest BCUT2D eigenvalue weighted by molar-refractivity contribution is 6.10. The Balaban J connectivity index is 1.05. The SMILES string of the molecule is c1ccc(-c2cc(-c3ccccc3)nc(-c3ccc(-c4cccc(-n5c6ccccc6c6ccc(-c7nc8ccccc8o7)cc65)c4)cc3)n2)cc1. The third-order valence-corrected chi connectivity index (χ3v) is 9.66. The zero-order valence-electron chi connectivity index (χ0n) is 28.0. The van der Waals surface area contributed by atoms with Crippen LogP contribution in [0.25, 0.3) is 95.1 Å². The van der Waals surface area contributed by atoms with E-state index in [1.165, 1.54) is 10.8 Å². The maximum atomic E-state index is 6.17. The summed E-state index contributed by atoms with van der Waals surface area (Å²) in [6.45, 7) is 0. The number of hydrogen-bond donors (Lipinski definition) is 0. The highest BCUT2D eigenvalue weighted by atomic mass is 16.3. The number of fused-ring (bicyclic) bond motifs is 4. The highest BCUT2D eigenvalue weighted by Gasteiger charge is 2.16. The molecule has 10 aromatic rings. The minimum absolute atomic E-state index is 0.614. The number of aromatic nitrogens is 4. The molecule has 0 saturated heterocycles. The zero-order chi connectivity index (χ0) is 34.4. The van der Waals surface area contributed by atoms with Crippen LogP contribution in [0.4, 0.5) is 0 Å². The van der Waals surface area contributed by atoms with E-state index in [1.54, 1.807) is 0 Å². The van der Waals surface area contributed by atoms with Crippen LogP contribution in [-0.4, -0.2) is 19.5 Å². The topological polar surface area (TPSA) is 56.7 Å². The summed E-state index contributed by atoms with van der Waals surface area (Å²) in [4.78, 5) is 14.8. The molecule has 0 fully saturated rings. The molecule has 10 rings (SSSR count). The molecular formula is C47H30N4O. The van der Waals surface area contributed by atoms with Gasteiger partial charge >= 0.3 is 0 Å². The Morgan fingerprint density at radius 2 is 1.00 bits per heavy atom. The maximum Gasteiger partial charge on any atom is 0.227 e. The lowest BCUT2D eigenvalue weighted by atomic mass is 10.0. The monoisotopic (exact) mass is 666 g/mol. The third kappa shape index (κ3) is 5.24. The first kappa shape index (κ1) is 29.8. The summed E-state index contributed by atoms with van der Waals surface area (Å²) in [7, 11) is 0. The number of rotatable bonds is 6. The number of para-hydroxylation sites is 3. The molecule has 0 unspecified atom stereocenters. The first-order valence-corrected chi connectivity index (χ1v) is 17.4. The van der Waals surface area contributed by atoms with Crippen molar-refractivity contribution in [3.8, 4) is 62.2 Å². The van der Waals surface area contributed by atoms with Gasteiger partial charge in [0.05, 0.1) is 22.4 Å². The van der Waals surface area contributed by atoms with E-state index in [4.69, 9.17) is 19.4 Å². The summed E-state index contributed by atoms with van der Waals surface area (Å²) in [5, 5.41) is 2.38. The Labute approximate surface area is 300 Å². The van der Waals surface area contributed by atoms with Crippen molar-refractivity contribution in [2.24, 2.45) is 0 Å². The number of benzene rings is 7. The zero-order valence-corrected chi connectivity index (χ0v) is 28.0. The number of oxazole rings is 1. The molecular weight excluding hydrogens is 637 g/mol. The Hall–Kier alpha value is -7.11. The van der Waals surface area contributed by atoms with Crippen molar-refractivity contribution in [3.05, 3.63) is 182 Å².